The van der Waals surface area contributed by atoms with Crippen molar-refractivity contribution in [3.63, 3.8) is 0 Å². The number of nitrogens with zero attached hydrogens (tertiary/aromatic N) is 3. The predicted molar refractivity (Wildman–Crippen MR) is 125 cm³/mol. The minimum atomic E-state index is 0.125. The first-order valence-electron chi connectivity index (χ1n) is 11.0. The van der Waals surface area contributed by atoms with Crippen molar-refractivity contribution in [1.29, 1.82) is 0 Å². The van der Waals surface area contributed by atoms with Gasteiger partial charge in [0.1, 0.15) is 5.75 Å². The van der Waals surface area contributed by atoms with E-state index in [1.807, 2.05) is 43.0 Å². The highest BCUT2D eigenvalue weighted by molar-refractivity contribution is 7.99. The van der Waals surface area contributed by atoms with Crippen LogP contribution in [0, 0.1) is 19.8 Å². The first-order chi connectivity index (χ1) is 15.6. The highest BCUT2D eigenvalue weighted by Gasteiger charge is 2.23. The summed E-state index contributed by atoms with van der Waals surface area (Å²) in [4.78, 5) is 14.6. The fraction of sp³-hybridized carbons (Fsp3) is 0.400. The third-order valence-electron chi connectivity index (χ3n) is 5.80. The summed E-state index contributed by atoms with van der Waals surface area (Å²) in [6.07, 6.45) is 3.18. The van der Waals surface area contributed by atoms with Gasteiger partial charge in [-0.15, -0.1) is 10.2 Å². The van der Waals surface area contributed by atoms with Crippen molar-refractivity contribution in [2.75, 3.05) is 18.8 Å². The molecular weight excluding hydrogens is 422 g/mol. The minimum absolute atomic E-state index is 0.125. The molecule has 3 aromatic rings. The number of hydrogen-bond acceptors (Lipinski definition) is 6. The van der Waals surface area contributed by atoms with Gasteiger partial charge in [-0.05, 0) is 61.8 Å². The van der Waals surface area contributed by atoms with Gasteiger partial charge in [-0.25, -0.2) is 0 Å². The van der Waals surface area contributed by atoms with Crippen LogP contribution in [0.1, 0.15) is 35.4 Å². The average Bonchev–Trinajstić information content (AvgIpc) is 3.27. The second-order valence-corrected chi connectivity index (χ2v) is 9.25. The summed E-state index contributed by atoms with van der Waals surface area (Å²) in [5.74, 6) is 2.29. The molecule has 168 valence electrons. The number of ether oxygens (including phenoxy) is 1. The van der Waals surface area contributed by atoms with E-state index in [-0.39, 0.29) is 12.5 Å². The Bertz CT molecular complexity index is 1030. The molecule has 1 aromatic heterocycles. The number of carbonyl (C=O) groups excluding carboxylic acids is 1. The van der Waals surface area contributed by atoms with Crippen molar-refractivity contribution in [2.24, 2.45) is 5.92 Å². The zero-order valence-corrected chi connectivity index (χ0v) is 19.4. The van der Waals surface area contributed by atoms with Gasteiger partial charge in [0.2, 0.25) is 5.91 Å². The Hall–Kier alpha value is -2.80. The van der Waals surface area contributed by atoms with Gasteiger partial charge in [-0.3, -0.25) is 4.79 Å². The molecule has 0 bridgehead atoms. The molecule has 7 heteroatoms. The van der Waals surface area contributed by atoms with Crippen molar-refractivity contribution in [3.8, 4) is 5.75 Å². The molecule has 4 rings (SSSR count). The van der Waals surface area contributed by atoms with Crippen LogP contribution in [0.3, 0.4) is 0 Å². The second kappa shape index (κ2) is 10.7. The molecule has 32 heavy (non-hydrogen) atoms. The fourth-order valence-corrected chi connectivity index (χ4v) is 4.59. The smallest absolute Gasteiger partial charge is 0.277 e. The molecule has 1 aliphatic heterocycles. The molecule has 0 aliphatic carbocycles. The lowest BCUT2D eigenvalue weighted by atomic mass is 9.90. The molecule has 2 heterocycles. The predicted octanol–water partition coefficient (Wildman–Crippen LogP) is 4.84. The molecule has 1 amide bonds. The standard InChI is InChI=1S/C25H29N3O3S/c1-18-8-9-19(2)22(14-18)30-16-23-26-27-25(31-23)32-17-24(29)28-12-10-21(11-13-28)15-20-6-4-3-5-7-20/h3-9,14,21H,10-13,15-17H2,1-2H3. The number of benzene rings is 2. The normalized spacial score (nSPS) is 14.5. The Morgan fingerprint density at radius 3 is 2.69 bits per heavy atom. The molecule has 0 radical (unpaired) electrons. The monoisotopic (exact) mass is 451 g/mol. The molecule has 1 saturated heterocycles. The van der Waals surface area contributed by atoms with Gasteiger partial charge in [0, 0.05) is 13.1 Å². The maximum Gasteiger partial charge on any atom is 0.277 e. The van der Waals surface area contributed by atoms with Gasteiger partial charge in [-0.1, -0.05) is 54.2 Å². The Kier molecular flexibility index (Phi) is 7.47. The van der Waals surface area contributed by atoms with Crippen LogP contribution in [0.4, 0.5) is 0 Å². The molecule has 1 aliphatic rings. The number of hydrogen-bond donors (Lipinski definition) is 0. The number of thioether (sulfide) groups is 1. The topological polar surface area (TPSA) is 68.5 Å². The second-order valence-electron chi connectivity index (χ2n) is 8.32. The van der Waals surface area contributed by atoms with Crippen LogP contribution in [-0.2, 0) is 17.8 Å². The Labute approximate surface area is 193 Å². The molecule has 2 aromatic carbocycles. The van der Waals surface area contributed by atoms with Crippen LogP contribution in [0.25, 0.3) is 0 Å². The highest BCUT2D eigenvalue weighted by atomic mass is 32.2. The number of likely N-dealkylation sites (tertiary alicyclic amines) is 1. The van der Waals surface area contributed by atoms with Crippen molar-refractivity contribution in [2.45, 2.75) is 44.9 Å². The van der Waals surface area contributed by atoms with Crippen LogP contribution in [-0.4, -0.2) is 39.8 Å². The lowest BCUT2D eigenvalue weighted by Gasteiger charge is -2.32. The summed E-state index contributed by atoms with van der Waals surface area (Å²) < 4.78 is 11.5. The minimum Gasteiger partial charge on any atom is -0.484 e. The number of rotatable bonds is 8. The van der Waals surface area contributed by atoms with E-state index < -0.39 is 0 Å². The first kappa shape index (κ1) is 22.4. The van der Waals surface area contributed by atoms with Gasteiger partial charge in [-0.2, -0.15) is 0 Å². The van der Waals surface area contributed by atoms with E-state index in [2.05, 4.69) is 34.5 Å². The van der Waals surface area contributed by atoms with Crippen LogP contribution < -0.4 is 4.74 Å². The SMILES string of the molecule is Cc1ccc(C)c(OCc2nnc(SCC(=O)N3CCC(Cc4ccccc4)CC3)o2)c1. The van der Waals surface area contributed by atoms with Crippen molar-refractivity contribution >= 4 is 17.7 Å². The molecule has 1 fully saturated rings. The number of carbonyl (C=O) groups is 1. The summed E-state index contributed by atoms with van der Waals surface area (Å²) in [6.45, 7) is 5.86. The number of piperidine rings is 1. The lowest BCUT2D eigenvalue weighted by molar-refractivity contribution is -0.129. The van der Waals surface area contributed by atoms with E-state index in [1.165, 1.54) is 17.3 Å². The molecular formula is C25H29N3O3S. The summed E-state index contributed by atoms with van der Waals surface area (Å²) in [5.41, 5.74) is 3.57. The lowest BCUT2D eigenvalue weighted by Crippen LogP contribution is -2.39. The molecule has 0 atom stereocenters. The van der Waals surface area contributed by atoms with Crippen molar-refractivity contribution in [3.05, 3.63) is 71.1 Å². The van der Waals surface area contributed by atoms with E-state index in [1.54, 1.807) is 0 Å². The van der Waals surface area contributed by atoms with E-state index in [0.29, 0.717) is 22.8 Å². The van der Waals surface area contributed by atoms with Gasteiger partial charge in [0.25, 0.3) is 11.1 Å². The zero-order valence-electron chi connectivity index (χ0n) is 18.6. The molecule has 0 saturated carbocycles. The largest absolute Gasteiger partial charge is 0.484 e. The zero-order chi connectivity index (χ0) is 22.3. The summed E-state index contributed by atoms with van der Waals surface area (Å²) in [6, 6.07) is 16.6. The summed E-state index contributed by atoms with van der Waals surface area (Å²) in [5, 5.41) is 8.48. The molecule has 6 nitrogen and oxygen atoms in total. The Morgan fingerprint density at radius 1 is 1.12 bits per heavy atom. The maximum absolute atomic E-state index is 12.6. The van der Waals surface area contributed by atoms with Crippen LogP contribution >= 0.6 is 11.8 Å². The van der Waals surface area contributed by atoms with Gasteiger partial charge in [0.15, 0.2) is 6.61 Å². The average molecular weight is 452 g/mol. The Morgan fingerprint density at radius 2 is 1.91 bits per heavy atom. The van der Waals surface area contributed by atoms with Gasteiger partial charge in [0.05, 0.1) is 5.75 Å². The number of amides is 1. The van der Waals surface area contributed by atoms with E-state index in [4.69, 9.17) is 9.15 Å². The van der Waals surface area contributed by atoms with Gasteiger partial charge >= 0.3 is 0 Å². The van der Waals surface area contributed by atoms with E-state index in [0.717, 1.165) is 49.2 Å². The van der Waals surface area contributed by atoms with Crippen molar-refractivity contribution in [1.82, 2.24) is 15.1 Å². The third-order valence-corrected chi connectivity index (χ3v) is 6.60. The van der Waals surface area contributed by atoms with Crippen LogP contribution in [0.5, 0.6) is 5.75 Å². The number of aromatic nitrogens is 2. The van der Waals surface area contributed by atoms with Crippen molar-refractivity contribution < 1.29 is 13.9 Å². The maximum atomic E-state index is 12.6. The van der Waals surface area contributed by atoms with Gasteiger partial charge < -0.3 is 14.1 Å². The summed E-state index contributed by atoms with van der Waals surface area (Å²) >= 11 is 1.29. The quantitative estimate of drug-likeness (QED) is 0.457. The first-order valence-corrected chi connectivity index (χ1v) is 12.0. The van der Waals surface area contributed by atoms with Crippen LogP contribution in [0.15, 0.2) is 58.2 Å². The third kappa shape index (κ3) is 6.13. The van der Waals surface area contributed by atoms with Crippen LogP contribution in [0.2, 0.25) is 0 Å². The molecule has 0 N–H and O–H groups in total. The summed E-state index contributed by atoms with van der Waals surface area (Å²) in [7, 11) is 0. The Balaban J connectivity index is 1.19. The molecule has 0 unspecified atom stereocenters. The van der Waals surface area contributed by atoms with E-state index in [9.17, 15) is 4.79 Å². The molecule has 0 spiro atoms. The highest BCUT2D eigenvalue weighted by Crippen LogP contribution is 2.24. The fourth-order valence-electron chi connectivity index (χ4n) is 3.91. The van der Waals surface area contributed by atoms with E-state index >= 15 is 0 Å². The number of aryl methyl sites for hydroxylation is 2.